The van der Waals surface area contributed by atoms with Crippen molar-refractivity contribution >= 4 is 29.6 Å². The number of nitrogens with one attached hydrogen (secondary N) is 1. The minimum absolute atomic E-state index is 0.217. The lowest BCUT2D eigenvalue weighted by atomic mass is 10.2. The van der Waals surface area contributed by atoms with Crippen molar-refractivity contribution in [1.82, 2.24) is 14.7 Å². The summed E-state index contributed by atoms with van der Waals surface area (Å²) < 4.78 is 12.4. The summed E-state index contributed by atoms with van der Waals surface area (Å²) in [5.74, 6) is 1.57. The Hall–Kier alpha value is -2.88. The minimum atomic E-state index is -0.513. The van der Waals surface area contributed by atoms with Crippen molar-refractivity contribution < 1.29 is 24.2 Å². The summed E-state index contributed by atoms with van der Waals surface area (Å²) in [5, 5.41) is 16.1. The molecule has 1 aliphatic heterocycles. The molecule has 174 valence electrons. The van der Waals surface area contributed by atoms with Crippen LogP contribution in [0.25, 0.3) is 0 Å². The molecule has 0 saturated carbocycles. The van der Waals surface area contributed by atoms with Crippen LogP contribution in [0.4, 0.5) is 5.82 Å². The summed E-state index contributed by atoms with van der Waals surface area (Å²) in [6.45, 7) is 1.65. The number of anilines is 1. The van der Waals surface area contributed by atoms with Crippen molar-refractivity contribution in [2.75, 3.05) is 39.2 Å². The molecule has 2 aromatic rings. The molecule has 1 aliphatic rings. The average molecular weight is 465 g/mol. The Kier molecular flexibility index (Phi) is 10.7. The Morgan fingerprint density at radius 3 is 2.75 bits per heavy atom. The third-order valence-corrected chi connectivity index (χ3v) is 4.90. The van der Waals surface area contributed by atoms with Gasteiger partial charge in [-0.2, -0.15) is 5.10 Å². The second-order valence-corrected chi connectivity index (χ2v) is 7.29. The fourth-order valence-electron chi connectivity index (χ4n) is 2.91. The number of aliphatic hydroxyl groups is 1. The van der Waals surface area contributed by atoms with E-state index in [-0.39, 0.29) is 19.1 Å². The van der Waals surface area contributed by atoms with Gasteiger partial charge in [0.05, 0.1) is 17.6 Å². The average Bonchev–Trinajstić information content (AvgIpc) is 3.41. The third kappa shape index (κ3) is 7.67. The van der Waals surface area contributed by atoms with Gasteiger partial charge in [-0.25, -0.2) is 0 Å². The molecule has 2 heterocycles. The predicted octanol–water partition coefficient (Wildman–Crippen LogP) is 2.36. The fourth-order valence-corrected chi connectivity index (χ4v) is 3.09. The zero-order chi connectivity index (χ0) is 23.3. The van der Waals surface area contributed by atoms with Crippen LogP contribution in [0.2, 0.25) is 5.02 Å². The van der Waals surface area contributed by atoms with E-state index in [0.29, 0.717) is 29.6 Å². The first kappa shape index (κ1) is 25.4. The van der Waals surface area contributed by atoms with Gasteiger partial charge in [0.1, 0.15) is 23.6 Å². The molecule has 1 atom stereocenters. The van der Waals surface area contributed by atoms with Crippen LogP contribution in [0.15, 0.2) is 48.4 Å². The number of para-hydroxylation sites is 1. The molecule has 0 bridgehead atoms. The molecule has 0 aliphatic carbocycles. The van der Waals surface area contributed by atoms with E-state index >= 15 is 0 Å². The van der Waals surface area contributed by atoms with E-state index in [2.05, 4.69) is 10.4 Å². The van der Waals surface area contributed by atoms with E-state index in [4.69, 9.17) is 26.2 Å². The van der Waals surface area contributed by atoms with Crippen molar-refractivity contribution in [3.63, 3.8) is 0 Å². The second kappa shape index (κ2) is 13.5. The molecule has 10 heteroatoms. The standard InChI is InChI=1S/C15H16ClNO4.C7H13N3O/c1-20-7-6-11(10-18)17-9-12(8-15(17)19)21-14-5-3-2-4-13(14)16;1-8-7-3-5-10(9-7)4-2-6-11/h2-5,8,10-11H,6-7,9H2,1H3;3,5,11H,2,4,6H2,1H3,(H,8,9). The Balaban J connectivity index is 0.000000278. The number of hydrogen-bond acceptors (Lipinski definition) is 7. The first-order valence-electron chi connectivity index (χ1n) is 10.2. The topological polar surface area (TPSA) is 106 Å². The number of rotatable bonds is 11. The molecule has 3 rings (SSSR count). The van der Waals surface area contributed by atoms with E-state index < -0.39 is 6.04 Å². The molecule has 1 aromatic heterocycles. The molecular formula is C22H29ClN4O5. The Morgan fingerprint density at radius 2 is 2.12 bits per heavy atom. The van der Waals surface area contributed by atoms with Gasteiger partial charge in [0.15, 0.2) is 0 Å². The largest absolute Gasteiger partial charge is 0.458 e. The maximum Gasteiger partial charge on any atom is 0.251 e. The molecule has 9 nitrogen and oxygen atoms in total. The zero-order valence-corrected chi connectivity index (χ0v) is 19.0. The summed E-state index contributed by atoms with van der Waals surface area (Å²) >= 11 is 6.01. The highest BCUT2D eigenvalue weighted by Gasteiger charge is 2.29. The summed E-state index contributed by atoms with van der Waals surface area (Å²) in [4.78, 5) is 24.5. The number of ether oxygens (including phenoxy) is 2. The summed E-state index contributed by atoms with van der Waals surface area (Å²) in [7, 11) is 3.39. The van der Waals surface area contributed by atoms with Crippen molar-refractivity contribution in [2.45, 2.75) is 25.4 Å². The SMILES string of the molecule is CNc1ccn(CCCO)n1.COCCC(C=O)N1CC(Oc2ccccc2Cl)=CC1=O. The molecule has 0 spiro atoms. The van der Waals surface area contributed by atoms with E-state index in [0.717, 1.165) is 25.1 Å². The van der Waals surface area contributed by atoms with Crippen molar-refractivity contribution in [2.24, 2.45) is 0 Å². The number of carbonyl (C=O) groups excluding carboxylic acids is 2. The smallest absolute Gasteiger partial charge is 0.251 e. The predicted molar refractivity (Wildman–Crippen MR) is 122 cm³/mol. The highest BCUT2D eigenvalue weighted by molar-refractivity contribution is 6.32. The molecule has 1 aromatic carbocycles. The highest BCUT2D eigenvalue weighted by atomic mass is 35.5. The van der Waals surface area contributed by atoms with E-state index in [1.165, 1.54) is 11.0 Å². The van der Waals surface area contributed by atoms with Gasteiger partial charge in [-0.05, 0) is 25.0 Å². The quantitative estimate of drug-likeness (QED) is 0.491. The van der Waals surface area contributed by atoms with Crippen LogP contribution in [-0.2, 0) is 20.9 Å². The van der Waals surface area contributed by atoms with Gasteiger partial charge in [-0.3, -0.25) is 9.48 Å². The number of aryl methyl sites for hydroxylation is 1. The molecule has 0 radical (unpaired) electrons. The number of aliphatic hydroxyl groups excluding tert-OH is 1. The number of halogens is 1. The van der Waals surface area contributed by atoms with E-state index in [1.54, 1.807) is 31.4 Å². The van der Waals surface area contributed by atoms with Crippen molar-refractivity contribution in [3.8, 4) is 5.75 Å². The normalized spacial score (nSPS) is 13.8. The second-order valence-electron chi connectivity index (χ2n) is 6.89. The number of hydrogen-bond donors (Lipinski definition) is 2. The lowest BCUT2D eigenvalue weighted by Crippen LogP contribution is -2.39. The summed E-state index contributed by atoms with van der Waals surface area (Å²) in [6, 6.07) is 8.40. The lowest BCUT2D eigenvalue weighted by Gasteiger charge is -2.23. The maximum absolute atomic E-state index is 12.0. The molecular weight excluding hydrogens is 436 g/mol. The van der Waals surface area contributed by atoms with Crippen molar-refractivity contribution in [3.05, 3.63) is 53.4 Å². The number of aromatic nitrogens is 2. The van der Waals surface area contributed by atoms with Gasteiger partial charge < -0.3 is 29.6 Å². The van der Waals surface area contributed by atoms with Gasteiger partial charge >= 0.3 is 0 Å². The van der Waals surface area contributed by atoms with Gasteiger partial charge in [0.25, 0.3) is 5.91 Å². The minimum Gasteiger partial charge on any atom is -0.458 e. The van der Waals surface area contributed by atoms with Gasteiger partial charge in [0.2, 0.25) is 0 Å². The number of amides is 1. The lowest BCUT2D eigenvalue weighted by molar-refractivity contribution is -0.130. The van der Waals surface area contributed by atoms with Crippen LogP contribution in [0.5, 0.6) is 5.75 Å². The molecule has 32 heavy (non-hydrogen) atoms. The van der Waals surface area contributed by atoms with Crippen LogP contribution in [0, 0.1) is 0 Å². The van der Waals surface area contributed by atoms with E-state index in [1.807, 2.05) is 24.0 Å². The molecule has 1 amide bonds. The van der Waals surface area contributed by atoms with Crippen LogP contribution >= 0.6 is 11.6 Å². The number of carbonyl (C=O) groups is 2. The number of aldehydes is 1. The molecule has 2 N–H and O–H groups in total. The number of methoxy groups -OCH3 is 1. The zero-order valence-electron chi connectivity index (χ0n) is 18.2. The van der Waals surface area contributed by atoms with Crippen LogP contribution in [0.1, 0.15) is 12.8 Å². The van der Waals surface area contributed by atoms with Gasteiger partial charge in [0, 0.05) is 52.3 Å². The van der Waals surface area contributed by atoms with Crippen LogP contribution in [0.3, 0.4) is 0 Å². The summed E-state index contributed by atoms with van der Waals surface area (Å²) in [6.07, 6.45) is 5.24. The van der Waals surface area contributed by atoms with Crippen LogP contribution in [-0.4, -0.2) is 71.9 Å². The highest BCUT2D eigenvalue weighted by Crippen LogP contribution is 2.27. The molecule has 0 saturated heterocycles. The third-order valence-electron chi connectivity index (χ3n) is 4.59. The van der Waals surface area contributed by atoms with Crippen molar-refractivity contribution in [1.29, 1.82) is 0 Å². The Labute approximate surface area is 192 Å². The van der Waals surface area contributed by atoms with Crippen LogP contribution < -0.4 is 10.1 Å². The molecule has 0 fully saturated rings. The maximum atomic E-state index is 12.0. The van der Waals surface area contributed by atoms with Gasteiger partial charge in [-0.1, -0.05) is 23.7 Å². The first-order chi connectivity index (χ1) is 15.5. The van der Waals surface area contributed by atoms with Gasteiger partial charge in [-0.15, -0.1) is 0 Å². The van der Waals surface area contributed by atoms with E-state index in [9.17, 15) is 9.59 Å². The Bertz CT molecular complexity index is 902. The number of benzene rings is 1. The monoisotopic (exact) mass is 464 g/mol. The molecule has 1 unspecified atom stereocenters. The first-order valence-corrected chi connectivity index (χ1v) is 10.6. The number of nitrogens with zero attached hydrogens (tertiary/aromatic N) is 3. The Morgan fingerprint density at radius 1 is 1.34 bits per heavy atom. The fraction of sp³-hybridized carbons (Fsp3) is 0.409. The summed E-state index contributed by atoms with van der Waals surface area (Å²) in [5.41, 5.74) is 0.